The predicted molar refractivity (Wildman–Crippen MR) is 102 cm³/mol. The first-order chi connectivity index (χ1) is 15.1. The van der Waals surface area contributed by atoms with E-state index in [4.69, 9.17) is 12.6 Å². The van der Waals surface area contributed by atoms with Crippen molar-refractivity contribution < 1.29 is 11.6 Å². The maximum atomic E-state index is 11.8. The van der Waals surface area contributed by atoms with Crippen molar-refractivity contribution in [1.82, 2.24) is 30.3 Å². The highest BCUT2D eigenvalue weighted by atomic mass is 16.1. The van der Waals surface area contributed by atoms with Crippen LogP contribution in [0.4, 0.5) is 17.5 Å². The summed E-state index contributed by atoms with van der Waals surface area (Å²) in [6.45, 7) is -3.95. The number of aryl methyl sites for hydroxylation is 1. The average molecular weight is 372 g/mol. The molecular formula is C17H21N9O. The van der Waals surface area contributed by atoms with E-state index in [0.717, 1.165) is 24.2 Å². The van der Waals surface area contributed by atoms with Gasteiger partial charge in [-0.15, -0.1) is 10.2 Å². The molecule has 0 saturated carbocycles. The van der Waals surface area contributed by atoms with E-state index in [1.165, 1.54) is 12.3 Å². The maximum Gasteiger partial charge on any atom is 0.273 e. The van der Waals surface area contributed by atoms with Crippen molar-refractivity contribution >= 4 is 34.3 Å². The number of carbonyl (C=O) groups is 1. The van der Waals surface area contributed by atoms with Gasteiger partial charge in [0.15, 0.2) is 11.5 Å². The molecule has 140 valence electrons. The minimum Gasteiger partial charge on any atom is -0.364 e. The van der Waals surface area contributed by atoms with Crippen molar-refractivity contribution in [2.45, 2.75) is 25.8 Å². The molecule has 5 N–H and O–H groups in total. The highest BCUT2D eigenvalue weighted by molar-refractivity contribution is 5.96. The van der Waals surface area contributed by atoms with E-state index in [0.29, 0.717) is 16.6 Å². The second kappa shape index (κ2) is 7.16. The van der Waals surface area contributed by atoms with Gasteiger partial charge in [0, 0.05) is 34.3 Å². The van der Waals surface area contributed by atoms with Crippen molar-refractivity contribution in [2.75, 3.05) is 23.7 Å². The Hall–Kier alpha value is -3.27. The molecule has 1 aliphatic rings. The third kappa shape index (κ3) is 3.51. The number of hydrogen-bond acceptors (Lipinski definition) is 8. The molecule has 0 bridgehead atoms. The summed E-state index contributed by atoms with van der Waals surface area (Å²) < 4.78 is 39.1. The van der Waals surface area contributed by atoms with Crippen LogP contribution in [0.2, 0.25) is 0 Å². The molecule has 0 spiro atoms. The topological polar surface area (TPSA) is 136 Å². The Morgan fingerprint density at radius 3 is 3.22 bits per heavy atom. The van der Waals surface area contributed by atoms with Crippen LogP contribution in [0.3, 0.4) is 0 Å². The summed E-state index contributed by atoms with van der Waals surface area (Å²) >= 11 is 0. The first-order valence-corrected chi connectivity index (χ1v) is 8.33. The van der Waals surface area contributed by atoms with E-state index < -0.39 is 19.3 Å². The first-order valence-electron chi connectivity index (χ1n) is 10.8. The molecule has 3 aromatic rings. The van der Waals surface area contributed by atoms with Crippen molar-refractivity contribution in [3.63, 3.8) is 0 Å². The van der Waals surface area contributed by atoms with Gasteiger partial charge in [-0.1, -0.05) is 0 Å². The van der Waals surface area contributed by atoms with Gasteiger partial charge in [-0.05, 0) is 38.0 Å². The lowest BCUT2D eigenvalue weighted by Gasteiger charge is -2.13. The molecule has 1 aliphatic heterocycles. The maximum absolute atomic E-state index is 11.8. The third-order valence-corrected chi connectivity index (χ3v) is 4.25. The molecule has 0 unspecified atom stereocenters. The highest BCUT2D eigenvalue weighted by Crippen LogP contribution is 2.23. The van der Waals surface area contributed by atoms with Gasteiger partial charge in [-0.25, -0.2) is 0 Å². The highest BCUT2D eigenvalue weighted by Gasteiger charge is 2.19. The van der Waals surface area contributed by atoms with Crippen LogP contribution in [0.1, 0.15) is 30.6 Å². The summed E-state index contributed by atoms with van der Waals surface area (Å²) in [5.41, 5.74) is 6.04. The number of fused-ring (bicyclic) bond motifs is 1. The number of carbonyl (C=O) groups excluding carboxylic acids is 1. The molecule has 2 aromatic heterocycles. The number of nitrogens with two attached hydrogens (primary N) is 1. The molecule has 10 heteroatoms. The van der Waals surface area contributed by atoms with Crippen LogP contribution in [0, 0.1) is 0 Å². The summed E-state index contributed by atoms with van der Waals surface area (Å²) in [6.07, 6.45) is 2.26. The lowest BCUT2D eigenvalue weighted by atomic mass is 10.2. The number of nitrogens with one attached hydrogen (secondary N) is 3. The Morgan fingerprint density at radius 2 is 2.44 bits per heavy atom. The fourth-order valence-electron chi connectivity index (χ4n) is 2.94. The van der Waals surface area contributed by atoms with E-state index in [9.17, 15) is 4.79 Å². The van der Waals surface area contributed by atoms with Crippen LogP contribution in [0.25, 0.3) is 10.9 Å². The van der Waals surface area contributed by atoms with Crippen molar-refractivity contribution in [1.29, 1.82) is 0 Å². The fraction of sp³-hybridized carbons (Fsp3) is 0.353. The van der Waals surface area contributed by atoms with E-state index in [1.807, 2.05) is 0 Å². The zero-order valence-corrected chi connectivity index (χ0v) is 14.2. The largest absolute Gasteiger partial charge is 0.364 e. The molecule has 1 saturated heterocycles. The smallest absolute Gasteiger partial charge is 0.273 e. The zero-order chi connectivity index (χ0) is 23.1. The second-order valence-corrected chi connectivity index (χ2v) is 6.10. The van der Waals surface area contributed by atoms with E-state index in [1.54, 1.807) is 12.1 Å². The van der Waals surface area contributed by atoms with Crippen LogP contribution in [-0.2, 0) is 6.50 Å². The van der Waals surface area contributed by atoms with Crippen LogP contribution in [-0.4, -0.2) is 50.0 Å². The number of nitrogens with zero attached hydrogens (tertiary/aromatic N) is 5. The number of rotatable bonds is 6. The van der Waals surface area contributed by atoms with Crippen LogP contribution >= 0.6 is 0 Å². The molecule has 1 fully saturated rings. The quantitative estimate of drug-likeness (QED) is 0.500. The van der Waals surface area contributed by atoms with Crippen molar-refractivity contribution in [3.05, 3.63) is 30.1 Å². The van der Waals surface area contributed by atoms with Gasteiger partial charge in [0.2, 0.25) is 5.95 Å². The van der Waals surface area contributed by atoms with Gasteiger partial charge in [0.05, 0.1) is 14.5 Å². The molecule has 1 aromatic carbocycles. The zero-order valence-electron chi connectivity index (χ0n) is 19.2. The first kappa shape index (κ1) is 12.2. The van der Waals surface area contributed by atoms with Gasteiger partial charge in [-0.3, -0.25) is 9.48 Å². The SMILES string of the molecule is [2H]C([2H])([2H])C([2H])([2H])n1ncc2cc(Nc3nc(N[C@H]4CCNC4)nnc3C(N)=O)ccc21. The van der Waals surface area contributed by atoms with Crippen LogP contribution in [0.15, 0.2) is 24.4 Å². The number of primary amides is 1. The monoisotopic (exact) mass is 372 g/mol. The molecular weight excluding hydrogens is 346 g/mol. The summed E-state index contributed by atoms with van der Waals surface area (Å²) in [5, 5.41) is 21.6. The van der Waals surface area contributed by atoms with Crippen molar-refractivity contribution in [3.8, 4) is 0 Å². The van der Waals surface area contributed by atoms with E-state index in [2.05, 4.69) is 36.2 Å². The molecule has 1 atom stereocenters. The Balaban J connectivity index is 1.64. The van der Waals surface area contributed by atoms with Gasteiger partial charge in [0.25, 0.3) is 5.91 Å². The molecule has 10 nitrogen and oxygen atoms in total. The number of amides is 1. The summed E-state index contributed by atoms with van der Waals surface area (Å²) in [5.74, 6) is -0.460. The van der Waals surface area contributed by atoms with Gasteiger partial charge in [0.1, 0.15) is 0 Å². The summed E-state index contributed by atoms with van der Waals surface area (Å²) in [6, 6.07) is 4.86. The molecule has 1 amide bonds. The molecule has 4 rings (SSSR count). The Bertz CT molecular complexity index is 1160. The Kier molecular flexibility index (Phi) is 3.23. The second-order valence-electron chi connectivity index (χ2n) is 6.10. The number of benzene rings is 1. The lowest BCUT2D eigenvalue weighted by Crippen LogP contribution is -2.25. The molecule has 0 aliphatic carbocycles. The van der Waals surface area contributed by atoms with Crippen molar-refractivity contribution in [2.24, 2.45) is 5.73 Å². The Morgan fingerprint density at radius 1 is 1.52 bits per heavy atom. The number of aromatic nitrogens is 5. The lowest BCUT2D eigenvalue weighted by molar-refractivity contribution is 0.0995. The number of hydrogen-bond donors (Lipinski definition) is 4. The minimum atomic E-state index is -2.90. The van der Waals surface area contributed by atoms with E-state index >= 15 is 0 Å². The third-order valence-electron chi connectivity index (χ3n) is 4.25. The Labute approximate surface area is 162 Å². The standard InChI is InChI=1S/C17H21N9O/c1-2-26-13-4-3-11(7-10(13)8-20-26)21-16-14(15(18)27)24-25-17(23-16)22-12-5-6-19-9-12/h3-4,7-8,12,19H,2,5-6,9H2,1H3,(H2,18,27)(H2,21,22,23,25)/t12-/m0/s1/i1D3,2D2. The van der Waals surface area contributed by atoms with E-state index in [-0.39, 0.29) is 23.5 Å². The van der Waals surface area contributed by atoms with Gasteiger partial charge in [-0.2, -0.15) is 10.1 Å². The minimum absolute atomic E-state index is 0.102. The number of anilines is 3. The normalized spacial score (nSPS) is 20.3. The van der Waals surface area contributed by atoms with Crippen LogP contribution in [0.5, 0.6) is 0 Å². The van der Waals surface area contributed by atoms with Crippen LogP contribution < -0.4 is 21.7 Å². The van der Waals surface area contributed by atoms with Gasteiger partial charge < -0.3 is 21.7 Å². The summed E-state index contributed by atoms with van der Waals surface area (Å²) in [7, 11) is 0. The molecule has 27 heavy (non-hydrogen) atoms. The fourth-order valence-corrected chi connectivity index (χ4v) is 2.94. The molecule has 3 heterocycles. The predicted octanol–water partition coefficient (Wildman–Crippen LogP) is 0.857. The van der Waals surface area contributed by atoms with Gasteiger partial charge >= 0.3 is 0 Å². The summed E-state index contributed by atoms with van der Waals surface area (Å²) in [4.78, 5) is 16.1. The molecule has 0 radical (unpaired) electrons. The average Bonchev–Trinajstić information content (AvgIpc) is 3.36.